The summed E-state index contributed by atoms with van der Waals surface area (Å²) in [6, 6.07) is 73.5. The van der Waals surface area contributed by atoms with Gasteiger partial charge < -0.3 is 0 Å². The number of benzene rings is 8. The van der Waals surface area contributed by atoms with Crippen molar-refractivity contribution in [1.29, 1.82) is 0 Å². The van der Waals surface area contributed by atoms with Crippen LogP contribution in [0.3, 0.4) is 0 Å². The maximum absolute atomic E-state index is 5.29. The molecule has 0 unspecified atom stereocenters. The summed E-state index contributed by atoms with van der Waals surface area (Å²) in [5, 5.41) is 2.27. The Kier molecular flexibility index (Phi) is 7.36. The van der Waals surface area contributed by atoms with Gasteiger partial charge in [-0.05, 0) is 56.6 Å². The SMILES string of the molecule is c1ccc(-c2ccc3c4ccc(C5(c6ccccc6)c6ccccc6-c6ccccc65)cc4n(-c4nc(-c5ccccc5)nc(-c5ccccc5)n4)c3c2)cc1. The molecule has 0 bridgehead atoms. The van der Waals surface area contributed by atoms with E-state index in [1.165, 1.54) is 33.4 Å². The molecule has 0 spiro atoms. The average molecular weight is 715 g/mol. The van der Waals surface area contributed by atoms with Crippen LogP contribution in [0.15, 0.2) is 206 Å². The molecule has 0 N–H and O–H groups in total. The van der Waals surface area contributed by atoms with Crippen molar-refractivity contribution in [1.82, 2.24) is 19.5 Å². The van der Waals surface area contributed by atoms with Gasteiger partial charge in [0.1, 0.15) is 0 Å². The van der Waals surface area contributed by atoms with Gasteiger partial charge in [-0.15, -0.1) is 0 Å². The number of rotatable bonds is 6. The van der Waals surface area contributed by atoms with E-state index in [0.717, 1.165) is 44.1 Å². The van der Waals surface area contributed by atoms with Crippen molar-refractivity contribution in [3.05, 3.63) is 229 Å². The lowest BCUT2D eigenvalue weighted by atomic mass is 9.67. The topological polar surface area (TPSA) is 43.6 Å². The fourth-order valence-corrected chi connectivity index (χ4v) is 8.89. The zero-order valence-corrected chi connectivity index (χ0v) is 30.4. The number of aromatic nitrogens is 4. The molecule has 4 nitrogen and oxygen atoms in total. The lowest BCUT2D eigenvalue weighted by molar-refractivity contribution is 0.769. The van der Waals surface area contributed by atoms with Gasteiger partial charge >= 0.3 is 0 Å². The third-order valence-corrected chi connectivity index (χ3v) is 11.4. The first kappa shape index (κ1) is 32.0. The van der Waals surface area contributed by atoms with Gasteiger partial charge in [0.25, 0.3) is 0 Å². The molecule has 4 heteroatoms. The lowest BCUT2D eigenvalue weighted by Crippen LogP contribution is -2.28. The largest absolute Gasteiger partial charge is 0.278 e. The molecular weight excluding hydrogens is 681 g/mol. The highest BCUT2D eigenvalue weighted by atomic mass is 15.2. The smallest absolute Gasteiger partial charge is 0.238 e. The van der Waals surface area contributed by atoms with Crippen molar-refractivity contribution < 1.29 is 0 Å². The first-order valence-corrected chi connectivity index (χ1v) is 19.0. The van der Waals surface area contributed by atoms with E-state index in [1.807, 2.05) is 36.4 Å². The summed E-state index contributed by atoms with van der Waals surface area (Å²) in [7, 11) is 0. The van der Waals surface area contributed by atoms with Gasteiger partial charge in [-0.1, -0.05) is 194 Å². The van der Waals surface area contributed by atoms with E-state index in [1.54, 1.807) is 0 Å². The van der Waals surface area contributed by atoms with Crippen LogP contribution in [0.4, 0.5) is 0 Å². The van der Waals surface area contributed by atoms with Gasteiger partial charge in [-0.25, -0.2) is 4.98 Å². The van der Waals surface area contributed by atoms with Crippen molar-refractivity contribution >= 4 is 21.8 Å². The van der Waals surface area contributed by atoms with E-state index in [2.05, 4.69) is 174 Å². The average Bonchev–Trinajstić information content (AvgIpc) is 3.77. The molecule has 262 valence electrons. The molecule has 0 amide bonds. The van der Waals surface area contributed by atoms with Crippen LogP contribution in [0.5, 0.6) is 0 Å². The van der Waals surface area contributed by atoms with Crippen molar-refractivity contribution in [2.24, 2.45) is 0 Å². The number of nitrogens with zero attached hydrogens (tertiary/aromatic N) is 4. The van der Waals surface area contributed by atoms with Crippen LogP contribution in [-0.2, 0) is 5.41 Å². The second-order valence-corrected chi connectivity index (χ2v) is 14.4. The fourth-order valence-electron chi connectivity index (χ4n) is 8.89. The Hall–Kier alpha value is -7.43. The Morgan fingerprint density at radius 3 is 1.38 bits per heavy atom. The molecule has 1 aliphatic carbocycles. The van der Waals surface area contributed by atoms with E-state index in [4.69, 9.17) is 15.0 Å². The molecule has 56 heavy (non-hydrogen) atoms. The van der Waals surface area contributed by atoms with Gasteiger partial charge in [0, 0.05) is 21.9 Å². The summed E-state index contributed by atoms with van der Waals surface area (Å²) < 4.78 is 2.26. The molecule has 0 radical (unpaired) electrons. The van der Waals surface area contributed by atoms with E-state index >= 15 is 0 Å². The third-order valence-electron chi connectivity index (χ3n) is 11.4. The molecule has 10 aromatic rings. The summed E-state index contributed by atoms with van der Waals surface area (Å²) in [6.07, 6.45) is 0. The van der Waals surface area contributed by atoms with Crippen LogP contribution in [0.2, 0.25) is 0 Å². The molecule has 0 saturated heterocycles. The van der Waals surface area contributed by atoms with Crippen LogP contribution in [0.1, 0.15) is 22.3 Å². The molecule has 11 rings (SSSR count). The normalized spacial score (nSPS) is 12.8. The minimum atomic E-state index is -0.553. The van der Waals surface area contributed by atoms with E-state index < -0.39 is 5.41 Å². The molecule has 2 heterocycles. The Morgan fingerprint density at radius 2 is 0.804 bits per heavy atom. The Morgan fingerprint density at radius 1 is 0.339 bits per heavy atom. The van der Waals surface area contributed by atoms with E-state index in [-0.39, 0.29) is 0 Å². The van der Waals surface area contributed by atoms with Gasteiger partial charge in [0.2, 0.25) is 5.95 Å². The molecule has 0 atom stereocenters. The van der Waals surface area contributed by atoms with Crippen LogP contribution >= 0.6 is 0 Å². The second-order valence-electron chi connectivity index (χ2n) is 14.4. The summed E-state index contributed by atoms with van der Waals surface area (Å²) in [5.41, 5.74) is 13.1. The molecule has 0 aliphatic heterocycles. The standard InChI is InChI=1S/C52H34N4/c1-5-17-35(18-6-1)38-29-31-43-44-32-30-40(52(39-23-11-4-12-24-39)45-27-15-13-25-41(45)42-26-14-16-28-46(42)52)34-48(44)56(47(43)33-38)51-54-49(36-19-7-2-8-20-36)53-50(55-51)37-21-9-3-10-22-37/h1-34H. The highest BCUT2D eigenvalue weighted by Gasteiger charge is 2.46. The van der Waals surface area contributed by atoms with Gasteiger partial charge in [-0.2, -0.15) is 9.97 Å². The number of hydrogen-bond donors (Lipinski definition) is 0. The van der Waals surface area contributed by atoms with E-state index in [0.29, 0.717) is 17.6 Å². The predicted octanol–water partition coefficient (Wildman–Crippen LogP) is 12.3. The second kappa shape index (κ2) is 12.9. The molecule has 2 aromatic heterocycles. The summed E-state index contributed by atoms with van der Waals surface area (Å²) in [6.45, 7) is 0. The van der Waals surface area contributed by atoms with Crippen molar-refractivity contribution in [3.8, 4) is 51.0 Å². The number of fused-ring (bicyclic) bond motifs is 6. The molecule has 8 aromatic carbocycles. The summed E-state index contributed by atoms with van der Waals surface area (Å²) in [5.74, 6) is 1.82. The number of hydrogen-bond acceptors (Lipinski definition) is 3. The highest BCUT2D eigenvalue weighted by Crippen LogP contribution is 2.56. The minimum absolute atomic E-state index is 0.553. The lowest BCUT2D eigenvalue weighted by Gasteiger charge is -2.34. The quantitative estimate of drug-likeness (QED) is 0.172. The van der Waals surface area contributed by atoms with Crippen LogP contribution in [-0.4, -0.2) is 19.5 Å². The maximum atomic E-state index is 5.29. The first-order valence-electron chi connectivity index (χ1n) is 19.0. The van der Waals surface area contributed by atoms with Gasteiger partial charge in [0.15, 0.2) is 11.6 Å². The summed E-state index contributed by atoms with van der Waals surface area (Å²) in [4.78, 5) is 15.6. The minimum Gasteiger partial charge on any atom is -0.278 e. The molecule has 0 fully saturated rings. The molecule has 1 aliphatic rings. The monoisotopic (exact) mass is 714 g/mol. The fraction of sp³-hybridized carbons (Fsp3) is 0.0192. The van der Waals surface area contributed by atoms with Crippen molar-refractivity contribution in [2.45, 2.75) is 5.41 Å². The van der Waals surface area contributed by atoms with Gasteiger partial charge in [-0.3, -0.25) is 4.57 Å². The Bertz CT molecular complexity index is 2960. The molecule has 0 saturated carbocycles. The molecular formula is C52H34N4. The van der Waals surface area contributed by atoms with E-state index in [9.17, 15) is 0 Å². The predicted molar refractivity (Wildman–Crippen MR) is 228 cm³/mol. The summed E-state index contributed by atoms with van der Waals surface area (Å²) >= 11 is 0. The Labute approximate surface area is 325 Å². The van der Waals surface area contributed by atoms with Crippen molar-refractivity contribution in [3.63, 3.8) is 0 Å². The zero-order valence-electron chi connectivity index (χ0n) is 30.4. The zero-order chi connectivity index (χ0) is 37.1. The maximum Gasteiger partial charge on any atom is 0.238 e. The van der Waals surface area contributed by atoms with Crippen LogP contribution in [0.25, 0.3) is 72.8 Å². The van der Waals surface area contributed by atoms with Crippen LogP contribution in [0, 0.1) is 0 Å². The highest BCUT2D eigenvalue weighted by molar-refractivity contribution is 6.10. The van der Waals surface area contributed by atoms with Gasteiger partial charge in [0.05, 0.1) is 16.4 Å². The Balaban J connectivity index is 1.26. The first-order chi connectivity index (χ1) is 27.8. The van der Waals surface area contributed by atoms with Crippen molar-refractivity contribution in [2.75, 3.05) is 0 Å². The van der Waals surface area contributed by atoms with Crippen LogP contribution < -0.4 is 0 Å². The third kappa shape index (κ3) is 4.89.